The van der Waals surface area contributed by atoms with Gasteiger partial charge in [0, 0.05) is 11.8 Å². The fraction of sp³-hybridized carbons (Fsp3) is 0.200. The number of nitrogens with zero attached hydrogens (tertiary/aromatic N) is 1. The lowest BCUT2D eigenvalue weighted by molar-refractivity contribution is -0.110. The molecule has 80 valence electrons. The minimum atomic E-state index is -0.259. The number of rotatable bonds is 4. The molecular formula is C10H11ClN2OS. The number of Topliss-reactive ketones (excluding diaryl/α,β-unsaturated/α-hetero) is 1. The van der Waals surface area contributed by atoms with E-state index in [1.807, 2.05) is 30.5 Å². The zero-order valence-electron chi connectivity index (χ0n) is 8.45. The van der Waals surface area contributed by atoms with Gasteiger partial charge in [0.25, 0.3) is 0 Å². The van der Waals surface area contributed by atoms with Crippen molar-refractivity contribution in [1.29, 1.82) is 0 Å². The van der Waals surface area contributed by atoms with Gasteiger partial charge >= 0.3 is 0 Å². The van der Waals surface area contributed by atoms with E-state index in [9.17, 15) is 4.79 Å². The van der Waals surface area contributed by atoms with Gasteiger partial charge in [-0.25, -0.2) is 0 Å². The van der Waals surface area contributed by atoms with E-state index in [2.05, 4.69) is 10.5 Å². The minimum absolute atomic E-state index is 0.0519. The van der Waals surface area contributed by atoms with Gasteiger partial charge < -0.3 is 0 Å². The Bertz CT molecular complexity index is 376. The maximum absolute atomic E-state index is 10.8. The molecule has 3 nitrogen and oxygen atoms in total. The molecule has 1 aromatic carbocycles. The summed E-state index contributed by atoms with van der Waals surface area (Å²) in [7, 11) is 0. The molecule has 15 heavy (non-hydrogen) atoms. The van der Waals surface area contributed by atoms with Gasteiger partial charge in [-0.1, -0.05) is 11.6 Å². The number of thioether (sulfide) groups is 1. The Hall–Kier alpha value is -1.00. The predicted molar refractivity (Wildman–Crippen MR) is 65.8 cm³/mol. The van der Waals surface area contributed by atoms with Crippen molar-refractivity contribution >= 4 is 40.0 Å². The second-order valence-corrected chi connectivity index (χ2v) is 4.04. The largest absolute Gasteiger partial charge is 0.292 e. The Morgan fingerprint density at radius 2 is 2.00 bits per heavy atom. The summed E-state index contributed by atoms with van der Waals surface area (Å²) in [5, 5.41) is 3.67. The first-order valence-corrected chi connectivity index (χ1v) is 5.88. The minimum Gasteiger partial charge on any atom is -0.292 e. The van der Waals surface area contributed by atoms with Crippen LogP contribution >= 0.6 is 23.4 Å². The van der Waals surface area contributed by atoms with E-state index in [4.69, 9.17) is 11.6 Å². The molecule has 0 saturated carbocycles. The first kappa shape index (κ1) is 12.1. The summed E-state index contributed by atoms with van der Waals surface area (Å²) in [6, 6.07) is 7.67. The highest BCUT2D eigenvalue weighted by Crippen LogP contribution is 2.17. The summed E-state index contributed by atoms with van der Waals surface area (Å²) in [6.45, 7) is 1.37. The van der Waals surface area contributed by atoms with Crippen LogP contribution in [0, 0.1) is 0 Å². The Balaban J connectivity index is 2.66. The molecule has 0 fully saturated rings. The molecule has 0 aliphatic rings. The molecule has 0 unspecified atom stereocenters. The maximum Gasteiger partial charge on any atom is 0.191 e. The van der Waals surface area contributed by atoms with Crippen LogP contribution in [0.25, 0.3) is 0 Å². The lowest BCUT2D eigenvalue weighted by Gasteiger charge is -2.01. The maximum atomic E-state index is 10.8. The second-order valence-electron chi connectivity index (χ2n) is 2.80. The molecule has 0 aliphatic carbocycles. The average Bonchev–Trinajstić information content (AvgIpc) is 2.26. The molecule has 0 aromatic heterocycles. The zero-order valence-corrected chi connectivity index (χ0v) is 10.0. The van der Waals surface area contributed by atoms with E-state index in [0.717, 1.165) is 5.69 Å². The molecule has 0 radical (unpaired) electrons. The SMILES string of the molecule is CSc1ccc(NN=C(Cl)C(C)=O)cc1. The number of hydrazone groups is 1. The Kier molecular flexibility index (Phi) is 4.65. The Labute approximate surface area is 97.9 Å². The average molecular weight is 243 g/mol. The molecule has 0 saturated heterocycles. The van der Waals surface area contributed by atoms with Crippen molar-refractivity contribution in [3.8, 4) is 0 Å². The molecule has 0 amide bonds. The third kappa shape index (κ3) is 3.93. The summed E-state index contributed by atoms with van der Waals surface area (Å²) in [5.41, 5.74) is 3.50. The van der Waals surface area contributed by atoms with Crippen molar-refractivity contribution in [2.45, 2.75) is 11.8 Å². The van der Waals surface area contributed by atoms with E-state index < -0.39 is 0 Å². The number of nitrogens with one attached hydrogen (secondary N) is 1. The topological polar surface area (TPSA) is 41.5 Å². The lowest BCUT2D eigenvalue weighted by atomic mass is 10.3. The smallest absolute Gasteiger partial charge is 0.191 e. The third-order valence-electron chi connectivity index (χ3n) is 1.66. The standard InChI is InChI=1S/C10H11ClN2OS/c1-7(14)10(11)13-12-8-3-5-9(15-2)6-4-8/h3-6,12H,1-2H3. The summed E-state index contributed by atoms with van der Waals surface area (Å²) < 4.78 is 0. The molecule has 1 aromatic rings. The number of hydrogen-bond donors (Lipinski definition) is 1. The predicted octanol–water partition coefficient (Wildman–Crippen LogP) is 2.96. The van der Waals surface area contributed by atoms with Crippen molar-refractivity contribution in [2.75, 3.05) is 11.7 Å². The number of ketones is 1. The number of benzene rings is 1. The summed E-state index contributed by atoms with van der Waals surface area (Å²) in [4.78, 5) is 11.9. The Morgan fingerprint density at radius 1 is 1.40 bits per heavy atom. The van der Waals surface area contributed by atoms with Gasteiger partial charge in [-0.2, -0.15) is 5.10 Å². The fourth-order valence-corrected chi connectivity index (χ4v) is 1.31. The number of anilines is 1. The highest BCUT2D eigenvalue weighted by atomic mass is 35.5. The number of carbonyl (C=O) groups is 1. The van der Waals surface area contributed by atoms with Gasteiger partial charge in [0.2, 0.25) is 0 Å². The van der Waals surface area contributed by atoms with Crippen LogP contribution in [0.3, 0.4) is 0 Å². The molecule has 5 heteroatoms. The van der Waals surface area contributed by atoms with Gasteiger partial charge in [0.1, 0.15) is 0 Å². The number of hydrogen-bond acceptors (Lipinski definition) is 4. The molecular weight excluding hydrogens is 232 g/mol. The van der Waals surface area contributed by atoms with Crippen LogP contribution in [-0.2, 0) is 4.79 Å². The molecule has 1 N–H and O–H groups in total. The van der Waals surface area contributed by atoms with Crippen LogP contribution in [0.15, 0.2) is 34.3 Å². The first-order valence-electron chi connectivity index (χ1n) is 4.27. The summed E-state index contributed by atoms with van der Waals surface area (Å²) in [6.07, 6.45) is 2.01. The fourth-order valence-electron chi connectivity index (χ4n) is 0.858. The highest BCUT2D eigenvalue weighted by Gasteiger charge is 1.99. The molecule has 0 bridgehead atoms. The normalized spacial score (nSPS) is 11.3. The van der Waals surface area contributed by atoms with E-state index in [1.165, 1.54) is 11.8 Å². The summed E-state index contributed by atoms with van der Waals surface area (Å²) in [5.74, 6) is -0.259. The second kappa shape index (κ2) is 5.78. The van der Waals surface area contributed by atoms with Crippen molar-refractivity contribution < 1.29 is 4.79 Å². The Morgan fingerprint density at radius 3 is 2.47 bits per heavy atom. The van der Waals surface area contributed by atoms with Crippen LogP contribution < -0.4 is 5.43 Å². The number of halogens is 1. The monoisotopic (exact) mass is 242 g/mol. The lowest BCUT2D eigenvalue weighted by Crippen LogP contribution is -2.04. The van der Waals surface area contributed by atoms with E-state index in [1.54, 1.807) is 11.8 Å². The zero-order chi connectivity index (χ0) is 11.3. The molecule has 1 rings (SSSR count). The van der Waals surface area contributed by atoms with E-state index >= 15 is 0 Å². The molecule has 0 heterocycles. The third-order valence-corrected chi connectivity index (χ3v) is 2.76. The highest BCUT2D eigenvalue weighted by molar-refractivity contribution is 7.98. The first-order chi connectivity index (χ1) is 7.13. The van der Waals surface area contributed by atoms with Crippen LogP contribution in [-0.4, -0.2) is 17.2 Å². The van der Waals surface area contributed by atoms with E-state index in [-0.39, 0.29) is 11.0 Å². The van der Waals surface area contributed by atoms with Gasteiger partial charge in [-0.3, -0.25) is 10.2 Å². The van der Waals surface area contributed by atoms with E-state index in [0.29, 0.717) is 0 Å². The number of carbonyl (C=O) groups excluding carboxylic acids is 1. The van der Waals surface area contributed by atoms with Crippen molar-refractivity contribution in [3.05, 3.63) is 24.3 Å². The van der Waals surface area contributed by atoms with Crippen LogP contribution in [0.5, 0.6) is 0 Å². The van der Waals surface area contributed by atoms with Gasteiger partial charge in [-0.15, -0.1) is 11.8 Å². The van der Waals surface area contributed by atoms with Crippen molar-refractivity contribution in [2.24, 2.45) is 5.10 Å². The van der Waals surface area contributed by atoms with Crippen LogP contribution in [0.1, 0.15) is 6.92 Å². The van der Waals surface area contributed by atoms with Gasteiger partial charge in [-0.05, 0) is 30.5 Å². The van der Waals surface area contributed by atoms with Crippen LogP contribution in [0.4, 0.5) is 5.69 Å². The van der Waals surface area contributed by atoms with Crippen molar-refractivity contribution in [1.82, 2.24) is 0 Å². The van der Waals surface area contributed by atoms with Crippen molar-refractivity contribution in [3.63, 3.8) is 0 Å². The van der Waals surface area contributed by atoms with Crippen LogP contribution in [0.2, 0.25) is 0 Å². The summed E-state index contributed by atoms with van der Waals surface area (Å²) >= 11 is 7.22. The molecule has 0 aliphatic heterocycles. The van der Waals surface area contributed by atoms with Gasteiger partial charge in [0.05, 0.1) is 5.69 Å². The van der Waals surface area contributed by atoms with Gasteiger partial charge in [0.15, 0.2) is 11.0 Å². The molecule has 0 spiro atoms. The molecule has 0 atom stereocenters. The quantitative estimate of drug-likeness (QED) is 0.501.